The number of amides is 2. The number of likely N-dealkylation sites (N-methyl/N-ethyl adjacent to an activating group) is 1. The van der Waals surface area contributed by atoms with Crippen molar-refractivity contribution in [3.63, 3.8) is 0 Å². The summed E-state index contributed by atoms with van der Waals surface area (Å²) >= 11 is 0. The number of hydrogen-bond acceptors (Lipinski definition) is 4. The molecule has 22 heavy (non-hydrogen) atoms. The molecule has 2 amide bonds. The summed E-state index contributed by atoms with van der Waals surface area (Å²) in [7, 11) is 1.19. The molecule has 0 aromatic rings. The molecular weight excluding hydrogens is 302 g/mol. The first kappa shape index (κ1) is 18.1. The Morgan fingerprint density at radius 2 is 1.82 bits per heavy atom. The van der Waals surface area contributed by atoms with E-state index in [9.17, 15) is 23.2 Å². The highest BCUT2D eigenvalue weighted by Crippen LogP contribution is 2.27. The molecule has 0 aliphatic carbocycles. The number of carbonyl (C=O) groups excluding carboxylic acids is 2. The average molecular weight is 322 g/mol. The van der Waals surface area contributed by atoms with Crippen molar-refractivity contribution in [2.45, 2.75) is 44.8 Å². The molecule has 0 aromatic carbocycles. The predicted octanol–water partition coefficient (Wildman–Crippen LogP) is 1.17. The maximum atomic E-state index is 12.7. The van der Waals surface area contributed by atoms with Crippen LogP contribution < -0.4 is 0 Å². The first-order valence-corrected chi connectivity index (χ1v) is 6.66. The number of hydrogen-bond donors (Lipinski definition) is 1. The summed E-state index contributed by atoms with van der Waals surface area (Å²) in [6, 6.07) is -1.48. The lowest BCUT2D eigenvalue weighted by Crippen LogP contribution is -2.59. The van der Waals surface area contributed by atoms with E-state index in [0.717, 1.165) is 9.80 Å². The van der Waals surface area contributed by atoms with Crippen LogP contribution in [0.2, 0.25) is 0 Å². The van der Waals surface area contributed by atoms with Gasteiger partial charge in [0.05, 0.1) is 19.5 Å². The molecule has 0 bridgehead atoms. The largest absolute Gasteiger partial charge is 0.480 e. The smallest absolute Gasteiger partial charge is 0.410 e. The van der Waals surface area contributed by atoms with E-state index >= 15 is 0 Å². The molecule has 1 heterocycles. The normalized spacial score (nSPS) is 18.2. The fourth-order valence-electron chi connectivity index (χ4n) is 1.83. The number of nitrogens with zero attached hydrogens (tertiary/aromatic N) is 2. The minimum Gasteiger partial charge on any atom is -0.480 e. The zero-order chi connectivity index (χ0) is 17.3. The molecule has 1 atom stereocenters. The van der Waals surface area contributed by atoms with E-state index in [1.165, 1.54) is 7.05 Å². The molecule has 0 saturated carbocycles. The summed E-state index contributed by atoms with van der Waals surface area (Å²) in [5.74, 6) is -5.08. The fraction of sp³-hybridized carbons (Fsp3) is 0.769. The van der Waals surface area contributed by atoms with Crippen molar-refractivity contribution in [3.05, 3.63) is 0 Å². The zero-order valence-electron chi connectivity index (χ0n) is 12.9. The molecule has 1 rings (SSSR count). The Kier molecular flexibility index (Phi) is 4.99. The van der Waals surface area contributed by atoms with Crippen LogP contribution in [-0.2, 0) is 14.3 Å². The number of carboxylic acids is 1. The number of ether oxygens (including phenoxy) is 1. The molecule has 0 radical (unpaired) electrons. The average Bonchev–Trinajstić information content (AvgIpc) is 2.29. The monoisotopic (exact) mass is 322 g/mol. The first-order valence-electron chi connectivity index (χ1n) is 6.66. The lowest BCUT2D eigenvalue weighted by atomic mass is 10.1. The zero-order valence-corrected chi connectivity index (χ0v) is 12.9. The summed E-state index contributed by atoms with van der Waals surface area (Å²) < 4.78 is 30.5. The van der Waals surface area contributed by atoms with Gasteiger partial charge in [0, 0.05) is 7.05 Å². The van der Waals surface area contributed by atoms with E-state index < -0.39 is 55.0 Å². The Balaban J connectivity index is 2.67. The summed E-state index contributed by atoms with van der Waals surface area (Å²) in [5, 5.41) is 9.15. The molecule has 1 N–H and O–H groups in total. The number of rotatable bonds is 4. The number of halogens is 2. The third kappa shape index (κ3) is 4.81. The van der Waals surface area contributed by atoms with Crippen molar-refractivity contribution < 1.29 is 33.0 Å². The number of likely N-dealkylation sites (tertiary alicyclic amines) is 1. The van der Waals surface area contributed by atoms with Crippen molar-refractivity contribution >= 4 is 18.0 Å². The van der Waals surface area contributed by atoms with Gasteiger partial charge in [-0.05, 0) is 20.8 Å². The third-order valence-electron chi connectivity index (χ3n) is 3.00. The van der Waals surface area contributed by atoms with E-state index in [4.69, 9.17) is 9.84 Å². The highest BCUT2D eigenvalue weighted by Gasteiger charge is 2.47. The number of aliphatic carboxylic acids is 1. The van der Waals surface area contributed by atoms with Gasteiger partial charge in [-0.1, -0.05) is 0 Å². The number of carboxylic acid groups (broad SMARTS) is 1. The van der Waals surface area contributed by atoms with Gasteiger partial charge < -0.3 is 14.7 Å². The van der Waals surface area contributed by atoms with Crippen LogP contribution in [0.5, 0.6) is 0 Å². The highest BCUT2D eigenvalue weighted by atomic mass is 19.3. The number of carbonyl (C=O) groups is 3. The van der Waals surface area contributed by atoms with Crippen LogP contribution in [0.3, 0.4) is 0 Å². The van der Waals surface area contributed by atoms with Crippen LogP contribution >= 0.6 is 0 Å². The summed E-state index contributed by atoms with van der Waals surface area (Å²) in [6.07, 6.45) is -1.48. The van der Waals surface area contributed by atoms with Crippen molar-refractivity contribution in [2.75, 3.05) is 20.1 Å². The van der Waals surface area contributed by atoms with Gasteiger partial charge in [-0.25, -0.2) is 18.4 Å². The second-order valence-corrected chi connectivity index (χ2v) is 6.26. The van der Waals surface area contributed by atoms with Gasteiger partial charge in [0.1, 0.15) is 11.6 Å². The molecule has 1 unspecified atom stereocenters. The Morgan fingerprint density at radius 1 is 1.32 bits per heavy atom. The fourth-order valence-corrected chi connectivity index (χ4v) is 1.83. The molecule has 7 nitrogen and oxygen atoms in total. The van der Waals surface area contributed by atoms with Gasteiger partial charge in [0.15, 0.2) is 0 Å². The minimum absolute atomic E-state index is 0.582. The van der Waals surface area contributed by atoms with Gasteiger partial charge in [0.25, 0.3) is 5.92 Å². The molecule has 9 heteroatoms. The molecule has 126 valence electrons. The van der Waals surface area contributed by atoms with Gasteiger partial charge in [-0.2, -0.15) is 0 Å². The van der Waals surface area contributed by atoms with Gasteiger partial charge in [0.2, 0.25) is 5.91 Å². The van der Waals surface area contributed by atoms with E-state index in [2.05, 4.69) is 0 Å². The SMILES string of the molecule is CN(C(=O)OC(C)(C)C)C(CC(=O)N1CC(F)(F)C1)C(=O)O. The summed E-state index contributed by atoms with van der Waals surface area (Å²) in [6.45, 7) is 3.38. The lowest BCUT2D eigenvalue weighted by Gasteiger charge is -2.39. The van der Waals surface area contributed by atoms with E-state index in [1.807, 2.05) is 0 Å². The quantitative estimate of drug-likeness (QED) is 0.839. The molecule has 1 aliphatic heterocycles. The maximum Gasteiger partial charge on any atom is 0.410 e. The first-order chi connectivity index (χ1) is 9.82. The van der Waals surface area contributed by atoms with Crippen molar-refractivity contribution in [1.29, 1.82) is 0 Å². The van der Waals surface area contributed by atoms with Crippen LogP contribution in [0.4, 0.5) is 13.6 Å². The van der Waals surface area contributed by atoms with E-state index in [1.54, 1.807) is 20.8 Å². The second-order valence-electron chi connectivity index (χ2n) is 6.26. The molecular formula is C13H20F2N2O5. The molecule has 1 fully saturated rings. The minimum atomic E-state index is -2.93. The molecule has 0 aromatic heterocycles. The van der Waals surface area contributed by atoms with Crippen molar-refractivity contribution in [3.8, 4) is 0 Å². The highest BCUT2D eigenvalue weighted by molar-refractivity contribution is 5.87. The van der Waals surface area contributed by atoms with Crippen molar-refractivity contribution in [2.24, 2.45) is 0 Å². The van der Waals surface area contributed by atoms with Gasteiger partial charge >= 0.3 is 12.1 Å². The molecule has 1 aliphatic rings. The topological polar surface area (TPSA) is 87.2 Å². The van der Waals surface area contributed by atoms with Crippen LogP contribution in [0.25, 0.3) is 0 Å². The van der Waals surface area contributed by atoms with E-state index in [0.29, 0.717) is 0 Å². The summed E-state index contributed by atoms with van der Waals surface area (Å²) in [5.41, 5.74) is -0.821. The number of alkyl halides is 2. The second kappa shape index (κ2) is 6.05. The van der Waals surface area contributed by atoms with Gasteiger partial charge in [-0.3, -0.25) is 9.69 Å². The Labute approximate surface area is 126 Å². The van der Waals surface area contributed by atoms with Crippen LogP contribution in [-0.4, -0.2) is 70.6 Å². The lowest BCUT2D eigenvalue weighted by molar-refractivity contribution is -0.168. The van der Waals surface area contributed by atoms with Crippen LogP contribution in [0.1, 0.15) is 27.2 Å². The Bertz CT molecular complexity index is 468. The van der Waals surface area contributed by atoms with Gasteiger partial charge in [-0.15, -0.1) is 0 Å². The van der Waals surface area contributed by atoms with Crippen molar-refractivity contribution in [1.82, 2.24) is 9.80 Å². The summed E-state index contributed by atoms with van der Waals surface area (Å²) in [4.78, 5) is 36.5. The Morgan fingerprint density at radius 3 is 2.18 bits per heavy atom. The van der Waals surface area contributed by atoms with Crippen LogP contribution in [0.15, 0.2) is 0 Å². The maximum absolute atomic E-state index is 12.7. The predicted molar refractivity (Wildman–Crippen MR) is 71.6 cm³/mol. The van der Waals surface area contributed by atoms with Crippen LogP contribution in [0, 0.1) is 0 Å². The molecule has 1 saturated heterocycles. The Hall–Kier alpha value is -1.93. The third-order valence-corrected chi connectivity index (χ3v) is 3.00. The molecule has 0 spiro atoms. The van der Waals surface area contributed by atoms with E-state index in [-0.39, 0.29) is 0 Å². The standard InChI is InChI=1S/C13H20F2N2O5/c1-12(2,3)22-11(21)16(4)8(10(19)20)5-9(18)17-6-13(14,15)7-17/h8H,5-7H2,1-4H3,(H,19,20).